The highest BCUT2D eigenvalue weighted by molar-refractivity contribution is 5.84. The van der Waals surface area contributed by atoms with Crippen LogP contribution in [0.5, 0.6) is 0 Å². The van der Waals surface area contributed by atoms with Crippen LogP contribution in [0, 0.1) is 0 Å². The van der Waals surface area contributed by atoms with E-state index in [9.17, 15) is 0 Å². The number of nitrogen functional groups attached to an aromatic ring is 1. The van der Waals surface area contributed by atoms with Crippen molar-refractivity contribution >= 4 is 16.6 Å². The summed E-state index contributed by atoms with van der Waals surface area (Å²) in [6.45, 7) is 1.16. The number of hydrogen-bond acceptors (Lipinski definition) is 1. The van der Waals surface area contributed by atoms with E-state index in [-0.39, 0.29) is 0 Å². The molecule has 0 bridgehead atoms. The van der Waals surface area contributed by atoms with E-state index in [0.29, 0.717) is 0 Å². The van der Waals surface area contributed by atoms with Crippen LogP contribution in [0.1, 0.15) is 12.1 Å². The normalized spacial score (nSPS) is 15.1. The van der Waals surface area contributed by atoms with Gasteiger partial charge in [-0.05, 0) is 31.0 Å². The van der Waals surface area contributed by atoms with Gasteiger partial charge < -0.3 is 10.3 Å². The quantitative estimate of drug-likeness (QED) is 0.606. The summed E-state index contributed by atoms with van der Waals surface area (Å²) in [5.74, 6) is 0. The number of rotatable bonds is 0. The van der Waals surface area contributed by atoms with Crippen LogP contribution < -0.4 is 5.73 Å². The van der Waals surface area contributed by atoms with Crippen LogP contribution in [-0.4, -0.2) is 4.57 Å². The highest BCUT2D eigenvalue weighted by Gasteiger charge is 2.13. The van der Waals surface area contributed by atoms with E-state index in [1.807, 2.05) is 6.07 Å². The molecule has 0 unspecified atom stereocenters. The molecule has 3 rings (SSSR count). The Kier molecular flexibility index (Phi) is 1.23. The van der Waals surface area contributed by atoms with Crippen molar-refractivity contribution in [1.29, 1.82) is 0 Å². The van der Waals surface area contributed by atoms with Crippen molar-refractivity contribution in [3.63, 3.8) is 0 Å². The standard InChI is InChI=1S/C11H12N2/c12-9-4-3-8-6-10-2-1-5-13(10)11(8)7-9/h3-4,6-7H,1-2,5,12H2. The van der Waals surface area contributed by atoms with Gasteiger partial charge in [-0.3, -0.25) is 0 Å². The number of fused-ring (bicyclic) bond motifs is 3. The average molecular weight is 172 g/mol. The summed E-state index contributed by atoms with van der Waals surface area (Å²) >= 11 is 0. The van der Waals surface area contributed by atoms with Crippen LogP contribution in [-0.2, 0) is 13.0 Å². The minimum absolute atomic E-state index is 0.861. The lowest BCUT2D eigenvalue weighted by molar-refractivity contribution is 0.772. The number of aromatic nitrogens is 1. The molecule has 1 aromatic carbocycles. The van der Waals surface area contributed by atoms with Crippen LogP contribution in [0.4, 0.5) is 5.69 Å². The van der Waals surface area contributed by atoms with Crippen molar-refractivity contribution < 1.29 is 0 Å². The topological polar surface area (TPSA) is 30.9 Å². The van der Waals surface area contributed by atoms with Crippen molar-refractivity contribution in [2.75, 3.05) is 5.73 Å². The van der Waals surface area contributed by atoms with Gasteiger partial charge in [0.2, 0.25) is 0 Å². The first-order valence-corrected chi connectivity index (χ1v) is 4.72. The number of anilines is 1. The lowest BCUT2D eigenvalue weighted by Gasteiger charge is -2.00. The molecule has 0 aliphatic carbocycles. The van der Waals surface area contributed by atoms with Gasteiger partial charge in [-0.2, -0.15) is 0 Å². The molecule has 1 aliphatic heterocycles. The minimum atomic E-state index is 0.861. The summed E-state index contributed by atoms with van der Waals surface area (Å²) in [5, 5.41) is 1.32. The Balaban J connectivity index is 2.40. The molecule has 13 heavy (non-hydrogen) atoms. The van der Waals surface area contributed by atoms with E-state index in [0.717, 1.165) is 12.2 Å². The average Bonchev–Trinajstić information content (AvgIpc) is 2.64. The molecule has 0 radical (unpaired) electrons. The third-order valence-electron chi connectivity index (χ3n) is 2.83. The largest absolute Gasteiger partial charge is 0.399 e. The first kappa shape index (κ1) is 7.01. The molecule has 0 spiro atoms. The van der Waals surface area contributed by atoms with Crippen molar-refractivity contribution in [2.45, 2.75) is 19.4 Å². The predicted octanol–water partition coefficient (Wildman–Crippen LogP) is 2.17. The number of hydrogen-bond donors (Lipinski definition) is 1. The van der Waals surface area contributed by atoms with Gasteiger partial charge in [0.1, 0.15) is 0 Å². The van der Waals surface area contributed by atoms with Gasteiger partial charge in [-0.1, -0.05) is 6.07 Å². The highest BCUT2D eigenvalue weighted by atomic mass is 15.0. The zero-order chi connectivity index (χ0) is 8.84. The second kappa shape index (κ2) is 2.28. The summed E-state index contributed by atoms with van der Waals surface area (Å²) in [6, 6.07) is 8.43. The Morgan fingerprint density at radius 2 is 2.15 bits per heavy atom. The molecule has 2 heterocycles. The fourth-order valence-corrected chi connectivity index (χ4v) is 2.22. The molecule has 2 aromatic rings. The summed E-state index contributed by atoms with van der Waals surface area (Å²) in [7, 11) is 0. The van der Waals surface area contributed by atoms with E-state index in [1.165, 1.54) is 29.4 Å². The molecule has 0 fully saturated rings. The monoisotopic (exact) mass is 172 g/mol. The van der Waals surface area contributed by atoms with Crippen LogP contribution in [0.3, 0.4) is 0 Å². The SMILES string of the molecule is Nc1ccc2cc3n(c2c1)CCC3. The van der Waals surface area contributed by atoms with Gasteiger partial charge in [0, 0.05) is 23.3 Å². The zero-order valence-electron chi connectivity index (χ0n) is 7.46. The maximum atomic E-state index is 5.76. The molecule has 2 N–H and O–H groups in total. The summed E-state index contributed by atoms with van der Waals surface area (Å²) in [6.07, 6.45) is 2.49. The smallest absolute Gasteiger partial charge is 0.0503 e. The summed E-state index contributed by atoms with van der Waals surface area (Å²) in [4.78, 5) is 0. The Bertz CT molecular complexity index is 468. The predicted molar refractivity (Wildman–Crippen MR) is 54.7 cm³/mol. The van der Waals surface area contributed by atoms with Crippen molar-refractivity contribution in [1.82, 2.24) is 4.57 Å². The van der Waals surface area contributed by atoms with Gasteiger partial charge in [-0.25, -0.2) is 0 Å². The molecular formula is C11H12N2. The second-order valence-corrected chi connectivity index (χ2v) is 3.71. The lowest BCUT2D eigenvalue weighted by atomic mass is 10.2. The maximum Gasteiger partial charge on any atom is 0.0503 e. The highest BCUT2D eigenvalue weighted by Crippen LogP contribution is 2.27. The minimum Gasteiger partial charge on any atom is -0.399 e. The third-order valence-corrected chi connectivity index (χ3v) is 2.83. The van der Waals surface area contributed by atoms with Gasteiger partial charge in [0.15, 0.2) is 0 Å². The first-order chi connectivity index (χ1) is 6.34. The van der Waals surface area contributed by atoms with E-state index in [2.05, 4.69) is 22.8 Å². The Morgan fingerprint density at radius 3 is 3.08 bits per heavy atom. The van der Waals surface area contributed by atoms with E-state index in [1.54, 1.807) is 0 Å². The molecule has 1 aromatic heterocycles. The lowest BCUT2D eigenvalue weighted by Crippen LogP contribution is -1.92. The zero-order valence-corrected chi connectivity index (χ0v) is 7.46. The number of nitrogens with zero attached hydrogens (tertiary/aromatic N) is 1. The molecule has 2 nitrogen and oxygen atoms in total. The second-order valence-electron chi connectivity index (χ2n) is 3.71. The maximum absolute atomic E-state index is 5.76. The Labute approximate surface area is 77.0 Å². The first-order valence-electron chi connectivity index (χ1n) is 4.72. The van der Waals surface area contributed by atoms with Crippen molar-refractivity contribution in [3.8, 4) is 0 Å². The molecule has 2 heteroatoms. The molecule has 1 aliphatic rings. The fourth-order valence-electron chi connectivity index (χ4n) is 2.22. The molecule has 0 saturated heterocycles. The van der Waals surface area contributed by atoms with Gasteiger partial charge in [-0.15, -0.1) is 0 Å². The van der Waals surface area contributed by atoms with Crippen LogP contribution in [0.2, 0.25) is 0 Å². The van der Waals surface area contributed by atoms with Crippen LogP contribution >= 0.6 is 0 Å². The molecule has 0 atom stereocenters. The Morgan fingerprint density at radius 1 is 1.23 bits per heavy atom. The van der Waals surface area contributed by atoms with E-state index in [4.69, 9.17) is 5.73 Å². The Hall–Kier alpha value is -1.44. The third kappa shape index (κ3) is 0.886. The summed E-state index contributed by atoms with van der Waals surface area (Å²) in [5.41, 5.74) is 9.38. The fraction of sp³-hybridized carbons (Fsp3) is 0.273. The molecule has 66 valence electrons. The molecule has 0 saturated carbocycles. The van der Waals surface area contributed by atoms with Crippen molar-refractivity contribution in [3.05, 3.63) is 30.0 Å². The van der Waals surface area contributed by atoms with Crippen LogP contribution in [0.15, 0.2) is 24.3 Å². The molecule has 0 amide bonds. The van der Waals surface area contributed by atoms with Gasteiger partial charge in [0.05, 0.1) is 5.52 Å². The van der Waals surface area contributed by atoms with Gasteiger partial charge >= 0.3 is 0 Å². The number of nitrogens with two attached hydrogens (primary N) is 1. The number of benzene rings is 1. The van der Waals surface area contributed by atoms with Crippen LogP contribution in [0.25, 0.3) is 10.9 Å². The number of aryl methyl sites for hydroxylation is 2. The van der Waals surface area contributed by atoms with E-state index >= 15 is 0 Å². The molecular weight excluding hydrogens is 160 g/mol. The van der Waals surface area contributed by atoms with Crippen molar-refractivity contribution in [2.24, 2.45) is 0 Å². The van der Waals surface area contributed by atoms with Gasteiger partial charge in [0.25, 0.3) is 0 Å². The summed E-state index contributed by atoms with van der Waals surface area (Å²) < 4.78 is 2.38. The van der Waals surface area contributed by atoms with E-state index < -0.39 is 0 Å².